The maximum Gasteiger partial charge on any atom is 0.490 e. The Kier molecular flexibility index (Phi) is 12.9. The van der Waals surface area contributed by atoms with Crippen molar-refractivity contribution in [2.24, 2.45) is 0 Å². The number of hydrogen-bond donors (Lipinski definition) is 1. The molecule has 1 aliphatic heterocycles. The summed E-state index contributed by atoms with van der Waals surface area (Å²) in [6, 6.07) is 0. The van der Waals surface area contributed by atoms with Crippen LogP contribution in [0.1, 0.15) is 65.2 Å². The van der Waals surface area contributed by atoms with E-state index in [2.05, 4.69) is 13.8 Å². The van der Waals surface area contributed by atoms with Crippen molar-refractivity contribution in [2.75, 3.05) is 26.2 Å². The fourth-order valence-electron chi connectivity index (χ4n) is 2.62. The number of nitrogens with zero attached hydrogens (tertiary/aromatic N) is 2. The first kappa shape index (κ1) is 24.1. The van der Waals surface area contributed by atoms with Crippen LogP contribution < -0.4 is 0 Å². The summed E-state index contributed by atoms with van der Waals surface area (Å²) in [6.45, 7) is 8.14. The predicted octanol–water partition coefficient (Wildman–Crippen LogP) is 4.65. The lowest BCUT2D eigenvalue weighted by atomic mass is 10.2. The molecule has 0 spiro atoms. The number of unbranched alkanes of at least 4 members (excludes halogenated alkanes) is 6. The number of halogens is 4. The van der Waals surface area contributed by atoms with Crippen LogP contribution in [-0.2, 0) is 4.79 Å². The summed E-state index contributed by atoms with van der Waals surface area (Å²) in [7, 11) is 0. The highest BCUT2D eigenvalue weighted by atomic mass is 19.4. The van der Waals surface area contributed by atoms with Crippen molar-refractivity contribution in [3.05, 3.63) is 0 Å². The standard InChI is InChI=1S/C15H31FN2.C2HF3O2/c1-3-5-7-9-11-17-13-14-18(15(17)16)12-10-8-6-4-2;3-2(4,5)1(6)7/h15H,3-14H2,1-2H3;(H,6,7). The minimum atomic E-state index is -5.08. The lowest BCUT2D eigenvalue weighted by molar-refractivity contribution is -0.192. The second kappa shape index (κ2) is 13.3. The van der Waals surface area contributed by atoms with Crippen molar-refractivity contribution in [3.63, 3.8) is 0 Å². The van der Waals surface area contributed by atoms with Crippen LogP contribution in [0.25, 0.3) is 0 Å². The molecule has 25 heavy (non-hydrogen) atoms. The molecule has 1 rings (SSSR count). The van der Waals surface area contributed by atoms with Crippen LogP contribution in [-0.4, -0.2) is 59.7 Å². The van der Waals surface area contributed by atoms with Gasteiger partial charge >= 0.3 is 12.1 Å². The maximum absolute atomic E-state index is 14.1. The highest BCUT2D eigenvalue weighted by molar-refractivity contribution is 5.73. The van der Waals surface area contributed by atoms with Gasteiger partial charge in [0.2, 0.25) is 6.42 Å². The van der Waals surface area contributed by atoms with E-state index in [1.165, 1.54) is 38.5 Å². The minimum absolute atomic E-state index is 0.812. The van der Waals surface area contributed by atoms with Crippen molar-refractivity contribution in [3.8, 4) is 0 Å². The minimum Gasteiger partial charge on any atom is -0.475 e. The van der Waals surface area contributed by atoms with E-state index in [9.17, 15) is 17.6 Å². The lowest BCUT2D eigenvalue weighted by Gasteiger charge is -2.23. The predicted molar refractivity (Wildman–Crippen MR) is 90.0 cm³/mol. The number of hydrogen-bond acceptors (Lipinski definition) is 3. The Morgan fingerprint density at radius 1 is 0.920 bits per heavy atom. The number of carboxylic acid groups (broad SMARTS) is 1. The molecule has 150 valence electrons. The molecule has 4 nitrogen and oxygen atoms in total. The third kappa shape index (κ3) is 11.4. The quantitative estimate of drug-likeness (QED) is 0.344. The Balaban J connectivity index is 0.000000697. The van der Waals surface area contributed by atoms with Gasteiger partial charge in [-0.25, -0.2) is 9.18 Å². The summed E-state index contributed by atoms with van der Waals surface area (Å²) in [5.74, 6) is -2.76. The number of carboxylic acids is 1. The van der Waals surface area contributed by atoms with Gasteiger partial charge in [-0.2, -0.15) is 13.2 Å². The molecule has 0 aromatic carbocycles. The molecule has 1 heterocycles. The monoisotopic (exact) mass is 372 g/mol. The van der Waals surface area contributed by atoms with Crippen LogP contribution in [0.4, 0.5) is 17.6 Å². The molecule has 1 N–H and O–H groups in total. The number of alkyl halides is 4. The van der Waals surface area contributed by atoms with E-state index in [1.807, 2.05) is 9.80 Å². The Morgan fingerprint density at radius 3 is 1.56 bits per heavy atom. The first-order chi connectivity index (χ1) is 11.7. The Bertz CT molecular complexity index is 334. The van der Waals surface area contributed by atoms with E-state index < -0.39 is 18.6 Å². The third-order valence-corrected chi connectivity index (χ3v) is 4.12. The van der Waals surface area contributed by atoms with Crippen LogP contribution in [0.5, 0.6) is 0 Å². The van der Waals surface area contributed by atoms with E-state index in [0.29, 0.717) is 0 Å². The fourth-order valence-corrected chi connectivity index (χ4v) is 2.62. The van der Waals surface area contributed by atoms with Crippen LogP contribution in [0.3, 0.4) is 0 Å². The summed E-state index contributed by atoms with van der Waals surface area (Å²) in [4.78, 5) is 12.9. The first-order valence-corrected chi connectivity index (χ1v) is 9.16. The summed E-state index contributed by atoms with van der Waals surface area (Å²) in [6.07, 6.45) is 3.97. The first-order valence-electron chi connectivity index (χ1n) is 9.16. The van der Waals surface area contributed by atoms with E-state index >= 15 is 0 Å². The van der Waals surface area contributed by atoms with Gasteiger partial charge in [0.1, 0.15) is 0 Å². The lowest BCUT2D eigenvalue weighted by Crippen LogP contribution is -2.36. The van der Waals surface area contributed by atoms with Crippen LogP contribution in [0, 0.1) is 0 Å². The van der Waals surface area contributed by atoms with Gasteiger partial charge in [0.15, 0.2) is 0 Å². The molecular weight excluding hydrogens is 340 g/mol. The summed E-state index contributed by atoms with van der Waals surface area (Å²) >= 11 is 0. The topological polar surface area (TPSA) is 43.8 Å². The van der Waals surface area contributed by atoms with Gasteiger partial charge in [-0.3, -0.25) is 9.80 Å². The highest BCUT2D eigenvalue weighted by Crippen LogP contribution is 2.18. The molecular formula is C17H32F4N2O2. The van der Waals surface area contributed by atoms with Gasteiger partial charge < -0.3 is 5.11 Å². The van der Waals surface area contributed by atoms with Crippen LogP contribution in [0.2, 0.25) is 0 Å². The van der Waals surface area contributed by atoms with Crippen molar-refractivity contribution >= 4 is 5.97 Å². The summed E-state index contributed by atoms with van der Waals surface area (Å²) in [5, 5.41) is 7.12. The molecule has 0 radical (unpaired) electrons. The summed E-state index contributed by atoms with van der Waals surface area (Å²) < 4.78 is 45.9. The zero-order chi connectivity index (χ0) is 19.3. The van der Waals surface area contributed by atoms with Gasteiger partial charge in [0.05, 0.1) is 0 Å². The number of rotatable bonds is 10. The van der Waals surface area contributed by atoms with Crippen molar-refractivity contribution in [1.82, 2.24) is 9.80 Å². The van der Waals surface area contributed by atoms with Crippen molar-refractivity contribution in [1.29, 1.82) is 0 Å². The molecule has 1 saturated heterocycles. The van der Waals surface area contributed by atoms with Crippen molar-refractivity contribution in [2.45, 2.75) is 77.8 Å². The Hall–Kier alpha value is -0.890. The second-order valence-electron chi connectivity index (χ2n) is 6.31. The van der Waals surface area contributed by atoms with Gasteiger partial charge in [-0.1, -0.05) is 52.4 Å². The van der Waals surface area contributed by atoms with Gasteiger partial charge in [-0.15, -0.1) is 0 Å². The van der Waals surface area contributed by atoms with E-state index in [1.54, 1.807) is 0 Å². The molecule has 0 amide bonds. The SMILES string of the molecule is CCCCCCN1CCN(CCCCCC)C1F.O=C(O)C(F)(F)F. The maximum atomic E-state index is 14.1. The molecule has 0 bridgehead atoms. The molecule has 0 aromatic heterocycles. The second-order valence-corrected chi connectivity index (χ2v) is 6.31. The smallest absolute Gasteiger partial charge is 0.475 e. The average molecular weight is 372 g/mol. The molecule has 0 saturated carbocycles. The van der Waals surface area contributed by atoms with Gasteiger partial charge in [0.25, 0.3) is 0 Å². The van der Waals surface area contributed by atoms with E-state index in [-0.39, 0.29) is 0 Å². The molecule has 0 unspecified atom stereocenters. The number of aliphatic carboxylic acids is 1. The van der Waals surface area contributed by atoms with E-state index in [0.717, 1.165) is 39.0 Å². The Morgan fingerprint density at radius 2 is 1.28 bits per heavy atom. The van der Waals surface area contributed by atoms with Crippen molar-refractivity contribution < 1.29 is 27.5 Å². The van der Waals surface area contributed by atoms with Crippen LogP contribution >= 0.6 is 0 Å². The van der Waals surface area contributed by atoms with Gasteiger partial charge in [0, 0.05) is 26.2 Å². The third-order valence-electron chi connectivity index (χ3n) is 4.12. The molecule has 1 fully saturated rings. The molecule has 0 aliphatic carbocycles. The molecule has 8 heteroatoms. The molecule has 1 aliphatic rings. The number of carbonyl (C=O) groups is 1. The zero-order valence-electron chi connectivity index (χ0n) is 15.3. The molecule has 0 aromatic rings. The Labute approximate surface area is 148 Å². The van der Waals surface area contributed by atoms with Gasteiger partial charge in [-0.05, 0) is 12.8 Å². The zero-order valence-corrected chi connectivity index (χ0v) is 15.3. The van der Waals surface area contributed by atoms with Crippen LogP contribution in [0.15, 0.2) is 0 Å². The summed E-state index contributed by atoms with van der Waals surface area (Å²) in [5.41, 5.74) is 0. The average Bonchev–Trinajstić information content (AvgIpc) is 2.88. The molecule has 0 atom stereocenters. The van der Waals surface area contributed by atoms with E-state index in [4.69, 9.17) is 9.90 Å². The fraction of sp³-hybridized carbons (Fsp3) is 0.941. The largest absolute Gasteiger partial charge is 0.490 e. The highest BCUT2D eigenvalue weighted by Gasteiger charge is 2.38. The normalized spacial score (nSPS) is 16.7.